The van der Waals surface area contributed by atoms with Crippen LogP contribution in [-0.2, 0) is 0 Å². The Balaban J connectivity index is 3.04. The van der Waals surface area contributed by atoms with E-state index in [1.807, 2.05) is 19.1 Å². The second kappa shape index (κ2) is 2.68. The van der Waals surface area contributed by atoms with Crippen molar-refractivity contribution in [2.45, 2.75) is 13.8 Å². The molecule has 3 nitrogen and oxygen atoms in total. The van der Waals surface area contributed by atoms with Crippen LogP contribution in [0.2, 0.25) is 0 Å². The molecule has 0 aliphatic rings. The van der Waals surface area contributed by atoms with Crippen LogP contribution in [0.1, 0.15) is 11.4 Å². The molecule has 1 rings (SSSR count). The number of halogens is 1. The fourth-order valence-electron chi connectivity index (χ4n) is 0.513. The summed E-state index contributed by atoms with van der Waals surface area (Å²) >= 11 is 2.13. The Morgan fingerprint density at radius 2 is 2.22 bits per heavy atom. The molecule has 1 heterocycles. The van der Waals surface area contributed by atoms with Crippen LogP contribution < -0.4 is 0 Å². The molecule has 0 fully saturated rings. The topological polar surface area (TPSA) is 30.7 Å². The fraction of sp³-hybridized carbons (Fsp3) is 0.500. The molecule has 1 aromatic heterocycles. The standard InChI is InChI=1S/C4H6BIN3/c1-3-4(2)9(5-6)8-7-3/h1-2H3. The van der Waals surface area contributed by atoms with Crippen molar-refractivity contribution in [3.63, 3.8) is 0 Å². The zero-order valence-electron chi connectivity index (χ0n) is 5.30. The Labute approximate surface area is 68.0 Å². The van der Waals surface area contributed by atoms with Crippen LogP contribution in [0.5, 0.6) is 0 Å². The van der Waals surface area contributed by atoms with Crippen LogP contribution in [-0.4, -0.2) is 20.2 Å². The Morgan fingerprint density at radius 3 is 2.44 bits per heavy atom. The highest BCUT2D eigenvalue weighted by molar-refractivity contribution is 14.1. The van der Waals surface area contributed by atoms with Crippen LogP contribution in [0.15, 0.2) is 0 Å². The van der Waals surface area contributed by atoms with Crippen molar-refractivity contribution < 1.29 is 0 Å². The lowest BCUT2D eigenvalue weighted by Crippen LogP contribution is -2.02. The van der Waals surface area contributed by atoms with Gasteiger partial charge in [0.25, 0.3) is 0 Å². The highest BCUT2D eigenvalue weighted by Crippen LogP contribution is 1.99. The first-order valence-electron chi connectivity index (χ1n) is 2.57. The molecule has 1 aromatic rings. The third-order valence-corrected chi connectivity index (χ3v) is 1.78. The first-order chi connectivity index (χ1) is 4.25. The molecule has 0 saturated carbocycles. The molecule has 0 unspecified atom stereocenters. The van der Waals surface area contributed by atoms with E-state index in [1.54, 1.807) is 4.59 Å². The highest BCUT2D eigenvalue weighted by Gasteiger charge is 2.01. The predicted molar refractivity (Wildman–Crippen MR) is 44.7 cm³/mol. The summed E-state index contributed by atoms with van der Waals surface area (Å²) in [5.74, 6) is 0. The largest absolute Gasteiger partial charge is 0.361 e. The van der Waals surface area contributed by atoms with Gasteiger partial charge in [0.1, 0.15) is 0 Å². The summed E-state index contributed by atoms with van der Waals surface area (Å²) in [6.45, 7) is 3.93. The van der Waals surface area contributed by atoms with Crippen molar-refractivity contribution in [3.8, 4) is 0 Å². The van der Waals surface area contributed by atoms with E-state index < -0.39 is 0 Å². The molecule has 9 heavy (non-hydrogen) atoms. The van der Waals surface area contributed by atoms with E-state index in [0.717, 1.165) is 11.4 Å². The Kier molecular flexibility index (Phi) is 2.10. The number of aryl methyl sites for hydroxylation is 1. The van der Waals surface area contributed by atoms with E-state index in [2.05, 4.69) is 32.7 Å². The minimum atomic E-state index is 0.989. The lowest BCUT2D eigenvalue weighted by atomic mass is 10.3. The van der Waals surface area contributed by atoms with Crippen molar-refractivity contribution in [2.24, 2.45) is 0 Å². The summed E-state index contributed by atoms with van der Waals surface area (Å²) in [5.41, 5.74) is 2.09. The summed E-state index contributed by atoms with van der Waals surface area (Å²) in [6.07, 6.45) is 0. The molecule has 47 valence electrons. The van der Waals surface area contributed by atoms with Gasteiger partial charge in [-0.2, -0.15) is 0 Å². The molecule has 1 radical (unpaired) electrons. The molecule has 0 atom stereocenters. The highest BCUT2D eigenvalue weighted by atomic mass is 127. The van der Waals surface area contributed by atoms with Crippen molar-refractivity contribution in [2.75, 3.05) is 0 Å². The molecule has 0 N–H and O–H groups in total. The molecule has 0 aromatic carbocycles. The monoisotopic (exact) mass is 234 g/mol. The molecule has 0 aliphatic carbocycles. The van der Waals surface area contributed by atoms with E-state index >= 15 is 0 Å². The lowest BCUT2D eigenvalue weighted by Gasteiger charge is -1.91. The van der Waals surface area contributed by atoms with E-state index in [0.29, 0.717) is 0 Å². The molecule has 0 spiro atoms. The van der Waals surface area contributed by atoms with Gasteiger partial charge in [-0.15, -0.1) is 27.5 Å². The normalized spacial score (nSPS) is 9.67. The third kappa shape index (κ3) is 1.25. The van der Waals surface area contributed by atoms with Crippen molar-refractivity contribution in [3.05, 3.63) is 11.4 Å². The summed E-state index contributed by atoms with van der Waals surface area (Å²) in [4.78, 5) is 0. The fourth-order valence-corrected chi connectivity index (χ4v) is 1.04. The maximum atomic E-state index is 3.86. The summed E-state index contributed by atoms with van der Waals surface area (Å²) in [5, 5.41) is 9.56. The van der Waals surface area contributed by atoms with Crippen LogP contribution in [0.3, 0.4) is 0 Å². The van der Waals surface area contributed by atoms with Gasteiger partial charge in [-0.1, -0.05) is 5.21 Å². The number of hydrogen-bond acceptors (Lipinski definition) is 2. The molecule has 0 aliphatic heterocycles. The first-order valence-corrected chi connectivity index (χ1v) is 3.82. The summed E-state index contributed by atoms with van der Waals surface area (Å²) in [6, 6.07) is 0. The maximum absolute atomic E-state index is 3.86. The van der Waals surface area contributed by atoms with Crippen LogP contribution in [0.25, 0.3) is 0 Å². The Hall–Kier alpha value is -0.0651. The van der Waals surface area contributed by atoms with Gasteiger partial charge >= 0.3 is 5.27 Å². The molecule has 0 saturated heterocycles. The molecular formula is C4H6BIN3. The second-order valence-corrected chi connectivity index (χ2v) is 2.36. The maximum Gasteiger partial charge on any atom is 0.361 e. The molecule has 5 heteroatoms. The van der Waals surface area contributed by atoms with Gasteiger partial charge in [-0.3, -0.25) is 4.59 Å². The average molecular weight is 234 g/mol. The average Bonchev–Trinajstić information content (AvgIpc) is 2.15. The summed E-state index contributed by atoms with van der Waals surface area (Å²) < 4.78 is 1.75. The van der Waals surface area contributed by atoms with E-state index in [4.69, 9.17) is 0 Å². The first kappa shape index (κ1) is 7.05. The van der Waals surface area contributed by atoms with E-state index in [9.17, 15) is 0 Å². The zero-order valence-corrected chi connectivity index (χ0v) is 7.45. The molecular weight excluding hydrogens is 228 g/mol. The van der Waals surface area contributed by atoms with E-state index in [-0.39, 0.29) is 0 Å². The Morgan fingerprint density at radius 1 is 1.56 bits per heavy atom. The van der Waals surface area contributed by atoms with Gasteiger partial charge in [0.05, 0.1) is 5.69 Å². The van der Waals surface area contributed by atoms with E-state index in [1.165, 1.54) is 0 Å². The zero-order chi connectivity index (χ0) is 6.85. The van der Waals surface area contributed by atoms with Crippen molar-refractivity contribution in [1.82, 2.24) is 14.9 Å². The molecule has 0 amide bonds. The minimum absolute atomic E-state index is 0.989. The number of rotatable bonds is 1. The van der Waals surface area contributed by atoms with Crippen LogP contribution >= 0.6 is 22.4 Å². The van der Waals surface area contributed by atoms with Gasteiger partial charge in [-0.05, 0) is 13.8 Å². The quantitative estimate of drug-likeness (QED) is 0.529. The molecule has 0 bridgehead atoms. The van der Waals surface area contributed by atoms with Crippen molar-refractivity contribution >= 4 is 27.6 Å². The third-order valence-electron chi connectivity index (χ3n) is 1.25. The summed E-state index contributed by atoms with van der Waals surface area (Å²) in [7, 11) is 0. The van der Waals surface area contributed by atoms with Gasteiger partial charge in [0.15, 0.2) is 0 Å². The minimum Gasteiger partial charge on any atom is -0.287 e. The predicted octanol–water partition coefficient (Wildman–Crippen LogP) is 0.712. The number of aromatic nitrogens is 3. The van der Waals surface area contributed by atoms with Gasteiger partial charge < -0.3 is 0 Å². The van der Waals surface area contributed by atoms with Crippen LogP contribution in [0, 0.1) is 13.8 Å². The Bertz CT molecular complexity index is 210. The van der Waals surface area contributed by atoms with Crippen LogP contribution in [0.4, 0.5) is 0 Å². The smallest absolute Gasteiger partial charge is 0.287 e. The van der Waals surface area contributed by atoms with Gasteiger partial charge in [-0.25, -0.2) is 0 Å². The van der Waals surface area contributed by atoms with Crippen molar-refractivity contribution in [1.29, 1.82) is 0 Å². The SMILES string of the molecule is Cc1nnn([B]I)c1C. The van der Waals surface area contributed by atoms with Gasteiger partial charge in [0, 0.05) is 5.69 Å². The lowest BCUT2D eigenvalue weighted by molar-refractivity contribution is 0.858. The second-order valence-electron chi connectivity index (χ2n) is 1.80. The number of hydrogen-bond donors (Lipinski definition) is 0. The van der Waals surface area contributed by atoms with Gasteiger partial charge in [0.2, 0.25) is 0 Å². The number of nitrogens with zero attached hydrogens (tertiary/aromatic N) is 3.